The number of nitrogens with zero attached hydrogens (tertiary/aromatic N) is 1. The number of halogens is 7. The highest BCUT2D eigenvalue weighted by molar-refractivity contribution is 5.90. The Morgan fingerprint density at radius 1 is 0.951 bits per heavy atom. The third-order valence-corrected chi connectivity index (χ3v) is 6.36. The number of ether oxygens (including phenoxy) is 1. The SMILES string of the molecule is CC(=O)NC[C@H]1CN(c2ccc(-c3ccc(CNCc4cc(C(F)(F)F)ccc4C(F)(F)F)cc3)c(F)c2)C(=O)O1. The summed E-state index contributed by atoms with van der Waals surface area (Å²) in [6, 6.07) is 11.9. The molecule has 4 rings (SSSR count). The van der Waals surface area contributed by atoms with Crippen LogP contribution in [0.15, 0.2) is 60.7 Å². The Hall–Kier alpha value is -4.13. The Labute approximate surface area is 230 Å². The van der Waals surface area contributed by atoms with E-state index in [0.29, 0.717) is 29.3 Å². The van der Waals surface area contributed by atoms with Crippen LogP contribution in [0.2, 0.25) is 0 Å². The molecule has 3 aromatic rings. The van der Waals surface area contributed by atoms with Gasteiger partial charge in [-0.05, 0) is 53.1 Å². The quantitative estimate of drug-likeness (QED) is 0.306. The average Bonchev–Trinajstić information content (AvgIpc) is 3.27. The number of carbonyl (C=O) groups is 2. The first-order valence-corrected chi connectivity index (χ1v) is 12.3. The maximum absolute atomic E-state index is 15.0. The molecule has 6 nitrogen and oxygen atoms in total. The number of hydrogen-bond acceptors (Lipinski definition) is 4. The molecule has 2 N–H and O–H groups in total. The summed E-state index contributed by atoms with van der Waals surface area (Å²) in [6.07, 6.45) is -10.8. The molecule has 1 atom stereocenters. The number of cyclic esters (lactones) is 1. The molecule has 0 spiro atoms. The second-order valence-electron chi connectivity index (χ2n) is 9.39. The van der Waals surface area contributed by atoms with Crippen LogP contribution in [-0.2, 0) is 35.0 Å². The van der Waals surface area contributed by atoms with E-state index in [1.807, 2.05) is 0 Å². The van der Waals surface area contributed by atoms with Gasteiger partial charge in [-0.3, -0.25) is 9.69 Å². The van der Waals surface area contributed by atoms with E-state index in [4.69, 9.17) is 4.74 Å². The average molecular weight is 584 g/mol. The van der Waals surface area contributed by atoms with Crippen molar-refractivity contribution in [3.05, 3.63) is 88.7 Å². The fourth-order valence-corrected chi connectivity index (χ4v) is 4.34. The van der Waals surface area contributed by atoms with Crippen molar-refractivity contribution in [2.45, 2.75) is 38.5 Å². The molecular weight excluding hydrogens is 559 g/mol. The van der Waals surface area contributed by atoms with Gasteiger partial charge >= 0.3 is 18.4 Å². The van der Waals surface area contributed by atoms with E-state index in [1.165, 1.54) is 24.0 Å². The van der Waals surface area contributed by atoms with Gasteiger partial charge in [0.05, 0.1) is 29.9 Å². The first-order chi connectivity index (χ1) is 19.2. The number of amides is 2. The van der Waals surface area contributed by atoms with Crippen LogP contribution in [0.1, 0.15) is 29.2 Å². The third-order valence-electron chi connectivity index (χ3n) is 6.36. The Bertz CT molecular complexity index is 1420. The van der Waals surface area contributed by atoms with Crippen LogP contribution in [0.5, 0.6) is 0 Å². The first kappa shape index (κ1) is 29.8. The van der Waals surface area contributed by atoms with E-state index in [2.05, 4.69) is 10.6 Å². The smallest absolute Gasteiger partial charge is 0.416 e. The molecule has 0 aromatic heterocycles. The Morgan fingerprint density at radius 3 is 2.27 bits per heavy atom. The van der Waals surface area contributed by atoms with Crippen LogP contribution in [-0.4, -0.2) is 31.2 Å². The third kappa shape index (κ3) is 7.34. The summed E-state index contributed by atoms with van der Waals surface area (Å²) in [7, 11) is 0. The van der Waals surface area contributed by atoms with Crippen LogP contribution in [0.25, 0.3) is 11.1 Å². The highest BCUT2D eigenvalue weighted by Crippen LogP contribution is 2.36. The van der Waals surface area contributed by atoms with E-state index in [0.717, 1.165) is 0 Å². The summed E-state index contributed by atoms with van der Waals surface area (Å²) in [4.78, 5) is 24.5. The number of alkyl halides is 6. The van der Waals surface area contributed by atoms with Gasteiger partial charge in [0, 0.05) is 25.6 Å². The number of hydrogen-bond donors (Lipinski definition) is 2. The molecule has 218 valence electrons. The lowest BCUT2D eigenvalue weighted by Gasteiger charge is -2.16. The summed E-state index contributed by atoms with van der Waals surface area (Å²) in [5.74, 6) is -0.890. The Balaban J connectivity index is 1.40. The first-order valence-electron chi connectivity index (χ1n) is 12.3. The lowest BCUT2D eigenvalue weighted by atomic mass is 10.0. The molecule has 2 amide bonds. The van der Waals surface area contributed by atoms with Crippen LogP contribution in [0.3, 0.4) is 0 Å². The monoisotopic (exact) mass is 583 g/mol. The van der Waals surface area contributed by atoms with Gasteiger partial charge in [0.1, 0.15) is 11.9 Å². The molecule has 0 radical (unpaired) electrons. The predicted molar refractivity (Wildman–Crippen MR) is 135 cm³/mol. The summed E-state index contributed by atoms with van der Waals surface area (Å²) >= 11 is 0. The second-order valence-corrected chi connectivity index (χ2v) is 9.39. The molecule has 13 heteroatoms. The summed E-state index contributed by atoms with van der Waals surface area (Å²) < 4.78 is 99.1. The largest absolute Gasteiger partial charge is 0.442 e. The second kappa shape index (κ2) is 11.8. The summed E-state index contributed by atoms with van der Waals surface area (Å²) in [5, 5.41) is 5.28. The van der Waals surface area contributed by atoms with Crippen molar-refractivity contribution in [1.29, 1.82) is 0 Å². The van der Waals surface area contributed by atoms with Crippen LogP contribution >= 0.6 is 0 Å². The zero-order chi connectivity index (χ0) is 29.9. The summed E-state index contributed by atoms with van der Waals surface area (Å²) in [5.41, 5.74) is -1.26. The Morgan fingerprint density at radius 2 is 1.66 bits per heavy atom. The topological polar surface area (TPSA) is 70.7 Å². The minimum atomic E-state index is -4.81. The zero-order valence-corrected chi connectivity index (χ0v) is 21.5. The number of nitrogens with one attached hydrogen (secondary N) is 2. The molecule has 0 unspecified atom stereocenters. The van der Waals surface area contributed by atoms with Crippen molar-refractivity contribution in [3.63, 3.8) is 0 Å². The van der Waals surface area contributed by atoms with Crippen molar-refractivity contribution < 1.29 is 45.1 Å². The molecule has 1 aliphatic heterocycles. The molecule has 0 bridgehead atoms. The number of benzene rings is 3. The van der Waals surface area contributed by atoms with Gasteiger partial charge in [-0.25, -0.2) is 9.18 Å². The maximum atomic E-state index is 15.0. The lowest BCUT2D eigenvalue weighted by Crippen LogP contribution is -2.33. The van der Waals surface area contributed by atoms with Crippen molar-refractivity contribution in [3.8, 4) is 11.1 Å². The maximum Gasteiger partial charge on any atom is 0.416 e. The molecule has 3 aromatic carbocycles. The summed E-state index contributed by atoms with van der Waals surface area (Å²) in [6.45, 7) is 1.18. The standard InChI is InChI=1S/C28H24F7N3O3/c1-16(39)37-14-22-15-38(26(40)41-22)21-7-8-23(25(29)11-21)18-4-2-17(3-5-18)12-36-13-19-10-20(27(30,31)32)6-9-24(19)28(33,34)35/h2-11,22,36H,12-15H2,1H3,(H,37,39)/t22-/m0/s1. The van der Waals surface area contributed by atoms with Gasteiger partial charge < -0.3 is 15.4 Å². The van der Waals surface area contributed by atoms with Crippen molar-refractivity contribution in [2.75, 3.05) is 18.0 Å². The fraction of sp³-hybridized carbons (Fsp3) is 0.286. The van der Waals surface area contributed by atoms with Crippen LogP contribution in [0, 0.1) is 5.82 Å². The Kier molecular flexibility index (Phi) is 8.57. The molecule has 1 fully saturated rings. The van der Waals surface area contributed by atoms with Crippen molar-refractivity contribution >= 4 is 17.7 Å². The number of carbonyl (C=O) groups excluding carboxylic acids is 2. The van der Waals surface area contributed by atoms with E-state index in [1.54, 1.807) is 30.3 Å². The van der Waals surface area contributed by atoms with Crippen LogP contribution in [0.4, 0.5) is 41.2 Å². The van der Waals surface area contributed by atoms with Gasteiger partial charge in [0.15, 0.2) is 0 Å². The van der Waals surface area contributed by atoms with Gasteiger partial charge in [0.25, 0.3) is 0 Å². The van der Waals surface area contributed by atoms with E-state index >= 15 is 0 Å². The van der Waals surface area contributed by atoms with Crippen molar-refractivity contribution in [1.82, 2.24) is 10.6 Å². The number of rotatable bonds is 8. The number of anilines is 1. The van der Waals surface area contributed by atoms with Gasteiger partial charge in [-0.1, -0.05) is 24.3 Å². The van der Waals surface area contributed by atoms with Crippen molar-refractivity contribution in [2.24, 2.45) is 0 Å². The van der Waals surface area contributed by atoms with E-state index in [-0.39, 0.29) is 36.8 Å². The normalized spacial score (nSPS) is 15.7. The molecule has 41 heavy (non-hydrogen) atoms. The predicted octanol–water partition coefficient (Wildman–Crippen LogP) is 6.28. The fourth-order valence-electron chi connectivity index (χ4n) is 4.34. The molecular formula is C28H24F7N3O3. The minimum Gasteiger partial charge on any atom is -0.442 e. The molecule has 0 saturated carbocycles. The van der Waals surface area contributed by atoms with Gasteiger partial charge in [-0.2, -0.15) is 26.3 Å². The van der Waals surface area contributed by atoms with Crippen LogP contribution < -0.4 is 15.5 Å². The highest BCUT2D eigenvalue weighted by atomic mass is 19.4. The van der Waals surface area contributed by atoms with E-state index in [9.17, 15) is 40.3 Å². The zero-order valence-electron chi connectivity index (χ0n) is 21.5. The van der Waals surface area contributed by atoms with Gasteiger partial charge in [-0.15, -0.1) is 0 Å². The molecule has 1 heterocycles. The highest BCUT2D eigenvalue weighted by Gasteiger charge is 2.37. The minimum absolute atomic E-state index is 0.0476. The van der Waals surface area contributed by atoms with E-state index < -0.39 is 53.6 Å². The molecule has 1 aliphatic rings. The molecule has 0 aliphatic carbocycles. The molecule has 1 saturated heterocycles. The lowest BCUT2D eigenvalue weighted by molar-refractivity contribution is -0.141. The van der Waals surface area contributed by atoms with Gasteiger partial charge in [0.2, 0.25) is 5.91 Å².